The molecule has 2 aliphatic heterocycles. The Balaban J connectivity index is 1.84. The van der Waals surface area contributed by atoms with Crippen LogP contribution in [0.3, 0.4) is 0 Å². The molecule has 2 aliphatic rings. The number of ether oxygens (including phenoxy) is 1. The lowest BCUT2D eigenvalue weighted by atomic mass is 9.86. The highest BCUT2D eigenvalue weighted by molar-refractivity contribution is 6.18. The van der Waals surface area contributed by atoms with E-state index in [9.17, 15) is 14.7 Å². The van der Waals surface area contributed by atoms with Gasteiger partial charge in [0.2, 0.25) is 0 Å². The predicted octanol–water partition coefficient (Wildman–Crippen LogP) is 2.82. The number of carbonyl (C=O) groups excluding carboxylic acids is 1. The van der Waals surface area contributed by atoms with Crippen LogP contribution in [-0.4, -0.2) is 20.6 Å². The van der Waals surface area contributed by atoms with Gasteiger partial charge in [0, 0.05) is 22.4 Å². The summed E-state index contributed by atoms with van der Waals surface area (Å²) in [6.07, 6.45) is 0.118. The number of fused-ring (bicyclic) bond motifs is 5. The molecule has 0 bridgehead atoms. The molecule has 0 unspecified atom stereocenters. The average molecular weight is 397 g/mol. The number of aliphatic hydroxyl groups is 1. The molecule has 0 amide bonds. The van der Waals surface area contributed by atoms with Gasteiger partial charge in [-0.05, 0) is 24.1 Å². The summed E-state index contributed by atoms with van der Waals surface area (Å²) in [5.41, 5.74) is 2.45. The molecule has 7 heteroatoms. The first-order chi connectivity index (χ1) is 13.5. The van der Waals surface area contributed by atoms with Crippen LogP contribution in [0.1, 0.15) is 35.6 Å². The third kappa shape index (κ3) is 2.10. The van der Waals surface area contributed by atoms with Crippen molar-refractivity contribution in [2.45, 2.75) is 38.0 Å². The Hall–Kier alpha value is -2.70. The van der Waals surface area contributed by atoms with Crippen molar-refractivity contribution in [3.63, 3.8) is 0 Å². The molecule has 4 heterocycles. The fraction of sp³-hybridized carbons (Fsp3) is 0.286. The Bertz CT molecular complexity index is 1230. The van der Waals surface area contributed by atoms with E-state index in [-0.39, 0.29) is 18.6 Å². The smallest absolute Gasteiger partial charge is 0.343 e. The van der Waals surface area contributed by atoms with E-state index >= 15 is 0 Å². The summed E-state index contributed by atoms with van der Waals surface area (Å²) in [4.78, 5) is 30.2. The van der Waals surface area contributed by atoms with Gasteiger partial charge >= 0.3 is 5.97 Å². The third-order valence-electron chi connectivity index (χ3n) is 5.85. The average Bonchev–Trinajstić information content (AvgIpc) is 3.08. The minimum Gasteiger partial charge on any atom is -0.458 e. The maximum atomic E-state index is 13.2. The monoisotopic (exact) mass is 396 g/mol. The fourth-order valence-corrected chi connectivity index (χ4v) is 4.57. The van der Waals surface area contributed by atoms with Crippen LogP contribution in [0.15, 0.2) is 35.1 Å². The highest BCUT2D eigenvalue weighted by Crippen LogP contribution is 2.40. The van der Waals surface area contributed by atoms with E-state index < -0.39 is 11.6 Å². The van der Waals surface area contributed by atoms with E-state index in [4.69, 9.17) is 21.3 Å². The van der Waals surface area contributed by atoms with E-state index in [1.54, 1.807) is 17.6 Å². The van der Waals surface area contributed by atoms with Gasteiger partial charge in [-0.3, -0.25) is 4.79 Å². The van der Waals surface area contributed by atoms with Crippen LogP contribution >= 0.6 is 11.6 Å². The van der Waals surface area contributed by atoms with Crippen LogP contribution < -0.4 is 5.56 Å². The number of hydrogen-bond acceptors (Lipinski definition) is 5. The minimum absolute atomic E-state index is 0.118. The predicted molar refractivity (Wildman–Crippen MR) is 104 cm³/mol. The molecule has 0 spiro atoms. The number of aromatic nitrogens is 2. The molecule has 142 valence electrons. The fourth-order valence-electron chi connectivity index (χ4n) is 4.27. The molecule has 0 aliphatic carbocycles. The summed E-state index contributed by atoms with van der Waals surface area (Å²) < 4.78 is 6.72. The largest absolute Gasteiger partial charge is 0.458 e. The number of nitrogens with zero attached hydrogens (tertiary/aromatic N) is 2. The van der Waals surface area contributed by atoms with Crippen molar-refractivity contribution in [3.05, 3.63) is 62.9 Å². The zero-order valence-corrected chi connectivity index (χ0v) is 15.9. The van der Waals surface area contributed by atoms with Crippen LogP contribution in [0.4, 0.5) is 0 Å². The molecule has 6 nitrogen and oxygen atoms in total. The summed E-state index contributed by atoms with van der Waals surface area (Å²) in [7, 11) is 0. The van der Waals surface area contributed by atoms with Gasteiger partial charge in [0.25, 0.3) is 5.56 Å². The van der Waals surface area contributed by atoms with Crippen LogP contribution in [0, 0.1) is 0 Å². The van der Waals surface area contributed by atoms with Crippen molar-refractivity contribution in [2.75, 3.05) is 0 Å². The number of halogens is 1. The van der Waals surface area contributed by atoms with Crippen molar-refractivity contribution < 1.29 is 14.6 Å². The number of hydrogen-bond donors (Lipinski definition) is 1. The first kappa shape index (κ1) is 17.4. The number of benzene rings is 1. The highest BCUT2D eigenvalue weighted by Gasteiger charge is 2.45. The summed E-state index contributed by atoms with van der Waals surface area (Å²) in [6.45, 7) is 1.91. The summed E-state index contributed by atoms with van der Waals surface area (Å²) in [5.74, 6) is -0.424. The Labute approximate surface area is 165 Å². The van der Waals surface area contributed by atoms with Crippen molar-refractivity contribution in [2.24, 2.45) is 0 Å². The summed E-state index contributed by atoms with van der Waals surface area (Å²) >= 11 is 6.27. The van der Waals surface area contributed by atoms with Crippen LogP contribution in [-0.2, 0) is 34.2 Å². The van der Waals surface area contributed by atoms with Crippen molar-refractivity contribution >= 4 is 28.5 Å². The van der Waals surface area contributed by atoms with Gasteiger partial charge in [0.05, 0.1) is 29.0 Å². The molecule has 0 saturated carbocycles. The molecular weight excluding hydrogens is 380 g/mol. The molecule has 0 fully saturated rings. The number of pyridine rings is 2. The van der Waals surface area contributed by atoms with Crippen LogP contribution in [0.2, 0.25) is 0 Å². The number of alkyl halides is 1. The normalized spacial score (nSPS) is 19.9. The van der Waals surface area contributed by atoms with E-state index in [0.717, 1.165) is 22.0 Å². The quantitative estimate of drug-likeness (QED) is 0.416. The molecule has 2 aromatic heterocycles. The number of esters is 1. The number of rotatable bonds is 2. The van der Waals surface area contributed by atoms with Crippen LogP contribution in [0.25, 0.3) is 22.3 Å². The molecule has 0 saturated heterocycles. The van der Waals surface area contributed by atoms with Crippen molar-refractivity contribution in [1.29, 1.82) is 0 Å². The standard InChI is InChI=1S/C21H17ClN2O4/c1-2-21(27)15-7-17-18-13(9-24(17)19(25)14(15)10-28-20(21)26)12(8-22)11-5-3-4-6-16(11)23-18/h3-7,27H,2,8-10H2,1H3/t21-/m0/s1. The summed E-state index contributed by atoms with van der Waals surface area (Å²) in [5, 5.41) is 11.9. The minimum atomic E-state index is -1.82. The van der Waals surface area contributed by atoms with Gasteiger partial charge in [-0.25, -0.2) is 9.78 Å². The Morgan fingerprint density at radius 1 is 1.29 bits per heavy atom. The van der Waals surface area contributed by atoms with E-state index in [1.165, 1.54) is 0 Å². The number of cyclic esters (lactones) is 1. The van der Waals surface area contributed by atoms with Gasteiger partial charge in [-0.2, -0.15) is 0 Å². The lowest BCUT2D eigenvalue weighted by Gasteiger charge is -2.31. The Kier molecular flexibility index (Phi) is 3.66. The van der Waals surface area contributed by atoms with Crippen molar-refractivity contribution in [1.82, 2.24) is 9.55 Å². The van der Waals surface area contributed by atoms with E-state index in [1.807, 2.05) is 24.3 Å². The molecule has 1 aromatic carbocycles. The third-order valence-corrected chi connectivity index (χ3v) is 6.11. The highest BCUT2D eigenvalue weighted by atomic mass is 35.5. The molecule has 5 rings (SSSR count). The summed E-state index contributed by atoms with van der Waals surface area (Å²) in [6, 6.07) is 9.43. The second-order valence-electron chi connectivity index (χ2n) is 7.17. The van der Waals surface area contributed by atoms with E-state index in [0.29, 0.717) is 34.9 Å². The van der Waals surface area contributed by atoms with Gasteiger partial charge in [-0.1, -0.05) is 25.1 Å². The van der Waals surface area contributed by atoms with Crippen LogP contribution in [0.5, 0.6) is 0 Å². The van der Waals surface area contributed by atoms with Crippen molar-refractivity contribution in [3.8, 4) is 11.4 Å². The van der Waals surface area contributed by atoms with Gasteiger partial charge in [0.1, 0.15) is 6.61 Å². The SMILES string of the molecule is CC[C@@]1(O)C(=O)OCc2c1cc1n(c2=O)Cc2c-1nc1ccccc1c2CCl. The van der Waals surface area contributed by atoms with Gasteiger partial charge in [0.15, 0.2) is 5.60 Å². The maximum absolute atomic E-state index is 13.2. The van der Waals surface area contributed by atoms with Gasteiger partial charge < -0.3 is 14.4 Å². The second kappa shape index (κ2) is 5.90. The number of para-hydroxylation sites is 1. The molecular formula is C21H17ClN2O4. The lowest BCUT2D eigenvalue weighted by molar-refractivity contribution is -0.172. The molecule has 1 atom stereocenters. The Morgan fingerprint density at radius 2 is 2.07 bits per heavy atom. The maximum Gasteiger partial charge on any atom is 0.343 e. The Morgan fingerprint density at radius 3 is 2.82 bits per heavy atom. The van der Waals surface area contributed by atoms with Gasteiger partial charge in [-0.15, -0.1) is 11.6 Å². The molecule has 3 aromatic rings. The van der Waals surface area contributed by atoms with E-state index in [2.05, 4.69) is 0 Å². The first-order valence-corrected chi connectivity index (χ1v) is 9.66. The topological polar surface area (TPSA) is 81.4 Å². The first-order valence-electron chi connectivity index (χ1n) is 9.13. The second-order valence-corrected chi connectivity index (χ2v) is 7.44. The molecule has 1 N–H and O–H groups in total. The zero-order chi connectivity index (χ0) is 19.6. The molecule has 28 heavy (non-hydrogen) atoms. The lowest BCUT2D eigenvalue weighted by Crippen LogP contribution is -2.44. The number of carbonyl (C=O) groups is 1. The molecule has 0 radical (unpaired) electrons. The zero-order valence-electron chi connectivity index (χ0n) is 15.2.